The summed E-state index contributed by atoms with van der Waals surface area (Å²) < 4.78 is 0. The fourth-order valence-corrected chi connectivity index (χ4v) is 4.77. The molecule has 114 valence electrons. The SMILES string of the molecule is C1CCC2CCCC2C1.c1ccc2c(c1)Cc1ccccc1-2. The summed E-state index contributed by atoms with van der Waals surface area (Å²) in [6.45, 7) is 0. The van der Waals surface area contributed by atoms with Crippen molar-refractivity contribution in [3.05, 3.63) is 59.7 Å². The molecule has 0 amide bonds. The summed E-state index contributed by atoms with van der Waals surface area (Å²) >= 11 is 0. The van der Waals surface area contributed by atoms with Gasteiger partial charge in [-0.05, 0) is 40.5 Å². The van der Waals surface area contributed by atoms with Crippen molar-refractivity contribution in [1.29, 1.82) is 0 Å². The van der Waals surface area contributed by atoms with Crippen molar-refractivity contribution in [2.45, 2.75) is 51.4 Å². The third-order valence-corrected chi connectivity index (χ3v) is 5.92. The molecule has 0 nitrogen and oxygen atoms in total. The monoisotopic (exact) mass is 290 g/mol. The van der Waals surface area contributed by atoms with E-state index < -0.39 is 0 Å². The summed E-state index contributed by atoms with van der Waals surface area (Å²) in [7, 11) is 0. The van der Waals surface area contributed by atoms with Gasteiger partial charge in [0.15, 0.2) is 0 Å². The van der Waals surface area contributed by atoms with Gasteiger partial charge in [-0.25, -0.2) is 0 Å². The lowest BCUT2D eigenvalue weighted by Crippen LogP contribution is -2.12. The number of benzene rings is 2. The van der Waals surface area contributed by atoms with Gasteiger partial charge < -0.3 is 0 Å². The standard InChI is InChI=1S/C13H10.C9H16/c1-3-7-12-10(5-1)9-11-6-2-4-8-13(11)12;1-2-5-9-7-3-6-8(9)4-1/h1-8H,9H2;8-9H,1-7H2. The van der Waals surface area contributed by atoms with Gasteiger partial charge in [-0.1, -0.05) is 93.5 Å². The molecule has 2 saturated carbocycles. The maximum Gasteiger partial charge on any atom is -0.00135 e. The van der Waals surface area contributed by atoms with Crippen LogP contribution in [0.3, 0.4) is 0 Å². The van der Waals surface area contributed by atoms with Crippen LogP contribution in [0.2, 0.25) is 0 Å². The van der Waals surface area contributed by atoms with E-state index in [9.17, 15) is 0 Å². The van der Waals surface area contributed by atoms with E-state index in [1.54, 1.807) is 25.7 Å². The molecule has 3 aliphatic rings. The van der Waals surface area contributed by atoms with Crippen LogP contribution >= 0.6 is 0 Å². The van der Waals surface area contributed by atoms with Gasteiger partial charge in [0.05, 0.1) is 0 Å². The molecule has 0 aromatic heterocycles. The Morgan fingerprint density at radius 3 is 1.55 bits per heavy atom. The highest BCUT2D eigenvalue weighted by molar-refractivity contribution is 5.76. The Bertz CT molecular complexity index is 584. The second-order valence-corrected chi connectivity index (χ2v) is 7.23. The quantitative estimate of drug-likeness (QED) is 0.460. The maximum atomic E-state index is 2.22. The lowest BCUT2D eigenvalue weighted by Gasteiger charge is -2.24. The van der Waals surface area contributed by atoms with E-state index in [2.05, 4.69) is 48.5 Å². The van der Waals surface area contributed by atoms with E-state index in [1.807, 2.05) is 0 Å². The van der Waals surface area contributed by atoms with Gasteiger partial charge in [0.2, 0.25) is 0 Å². The first-order valence-electron chi connectivity index (χ1n) is 9.08. The first kappa shape index (κ1) is 14.1. The van der Waals surface area contributed by atoms with Gasteiger partial charge in [0, 0.05) is 0 Å². The smallest absolute Gasteiger partial charge is 0.00135 e. The molecular formula is C22H26. The Balaban J connectivity index is 0.000000122. The van der Waals surface area contributed by atoms with Crippen molar-refractivity contribution in [3.8, 4) is 11.1 Å². The van der Waals surface area contributed by atoms with E-state index in [0.29, 0.717) is 0 Å². The lowest BCUT2D eigenvalue weighted by molar-refractivity contribution is 0.277. The third-order valence-electron chi connectivity index (χ3n) is 5.92. The minimum atomic E-state index is 1.10. The zero-order chi connectivity index (χ0) is 14.8. The second-order valence-electron chi connectivity index (χ2n) is 7.23. The maximum absolute atomic E-state index is 2.22. The Morgan fingerprint density at radius 2 is 1.00 bits per heavy atom. The molecule has 0 N–H and O–H groups in total. The van der Waals surface area contributed by atoms with Crippen LogP contribution in [0.15, 0.2) is 48.5 Å². The van der Waals surface area contributed by atoms with Crippen molar-refractivity contribution in [1.82, 2.24) is 0 Å². The minimum Gasteiger partial charge on any atom is -0.0619 e. The highest BCUT2D eigenvalue weighted by Gasteiger charge is 2.28. The van der Waals surface area contributed by atoms with Gasteiger partial charge >= 0.3 is 0 Å². The Kier molecular flexibility index (Phi) is 4.01. The Labute approximate surface area is 134 Å². The second kappa shape index (κ2) is 6.28. The fourth-order valence-electron chi connectivity index (χ4n) is 4.77. The van der Waals surface area contributed by atoms with E-state index >= 15 is 0 Å². The van der Waals surface area contributed by atoms with Gasteiger partial charge in [-0.2, -0.15) is 0 Å². The molecule has 0 bridgehead atoms. The molecule has 0 heteroatoms. The van der Waals surface area contributed by atoms with Crippen LogP contribution in [-0.2, 0) is 6.42 Å². The lowest BCUT2D eigenvalue weighted by atomic mass is 9.82. The summed E-state index contributed by atoms with van der Waals surface area (Å²) in [4.78, 5) is 0. The molecule has 3 aliphatic carbocycles. The average Bonchev–Trinajstić information content (AvgIpc) is 3.19. The van der Waals surface area contributed by atoms with Crippen molar-refractivity contribution >= 4 is 0 Å². The largest absolute Gasteiger partial charge is 0.0619 e. The fraction of sp³-hybridized carbons (Fsp3) is 0.455. The molecule has 0 saturated heterocycles. The molecule has 22 heavy (non-hydrogen) atoms. The molecule has 2 fully saturated rings. The molecule has 0 heterocycles. The highest BCUT2D eigenvalue weighted by Crippen LogP contribution is 2.41. The topological polar surface area (TPSA) is 0 Å². The summed E-state index contributed by atoms with van der Waals surface area (Å²) in [5.41, 5.74) is 5.75. The van der Waals surface area contributed by atoms with Crippen LogP contribution in [-0.4, -0.2) is 0 Å². The molecule has 0 radical (unpaired) electrons. The van der Waals surface area contributed by atoms with Gasteiger partial charge in [0.1, 0.15) is 0 Å². The molecular weight excluding hydrogens is 264 g/mol. The van der Waals surface area contributed by atoms with Gasteiger partial charge in [0.25, 0.3) is 0 Å². The number of fused-ring (bicyclic) bond motifs is 4. The summed E-state index contributed by atoms with van der Waals surface area (Å²) in [5, 5.41) is 0. The van der Waals surface area contributed by atoms with Gasteiger partial charge in [-0.3, -0.25) is 0 Å². The zero-order valence-electron chi connectivity index (χ0n) is 13.4. The van der Waals surface area contributed by atoms with Crippen LogP contribution in [0.5, 0.6) is 0 Å². The molecule has 0 spiro atoms. The van der Waals surface area contributed by atoms with Crippen LogP contribution in [0, 0.1) is 11.8 Å². The average molecular weight is 290 g/mol. The first-order valence-corrected chi connectivity index (χ1v) is 9.08. The normalized spacial score (nSPS) is 24.7. The predicted molar refractivity (Wildman–Crippen MR) is 94.0 cm³/mol. The molecule has 2 unspecified atom stereocenters. The first-order chi connectivity index (χ1) is 10.9. The zero-order valence-corrected chi connectivity index (χ0v) is 13.4. The van der Waals surface area contributed by atoms with E-state index in [0.717, 1.165) is 6.42 Å². The van der Waals surface area contributed by atoms with Crippen LogP contribution in [0.25, 0.3) is 11.1 Å². The number of hydrogen-bond donors (Lipinski definition) is 0. The molecule has 2 aromatic carbocycles. The Hall–Kier alpha value is -1.56. The predicted octanol–water partition coefficient (Wildman–Crippen LogP) is 6.23. The summed E-state index contributed by atoms with van der Waals surface area (Å²) in [6.07, 6.45) is 11.9. The van der Waals surface area contributed by atoms with Crippen LogP contribution < -0.4 is 0 Å². The van der Waals surface area contributed by atoms with Crippen molar-refractivity contribution in [2.24, 2.45) is 11.8 Å². The van der Waals surface area contributed by atoms with E-state index in [1.165, 1.54) is 53.4 Å². The van der Waals surface area contributed by atoms with Crippen molar-refractivity contribution in [2.75, 3.05) is 0 Å². The van der Waals surface area contributed by atoms with Gasteiger partial charge in [-0.15, -0.1) is 0 Å². The van der Waals surface area contributed by atoms with Crippen LogP contribution in [0.1, 0.15) is 56.1 Å². The van der Waals surface area contributed by atoms with E-state index in [4.69, 9.17) is 0 Å². The minimum absolute atomic E-state index is 1.10. The number of rotatable bonds is 0. The molecule has 0 aliphatic heterocycles. The summed E-state index contributed by atoms with van der Waals surface area (Å²) in [6, 6.07) is 17.3. The van der Waals surface area contributed by atoms with Crippen molar-refractivity contribution in [3.63, 3.8) is 0 Å². The number of hydrogen-bond acceptors (Lipinski definition) is 0. The van der Waals surface area contributed by atoms with Crippen LogP contribution in [0.4, 0.5) is 0 Å². The molecule has 2 aromatic rings. The highest BCUT2D eigenvalue weighted by atomic mass is 14.3. The molecule has 5 rings (SSSR count). The summed E-state index contributed by atoms with van der Waals surface area (Å²) in [5.74, 6) is 2.33. The van der Waals surface area contributed by atoms with E-state index in [-0.39, 0.29) is 0 Å². The third kappa shape index (κ3) is 2.72. The molecule has 2 atom stereocenters. The van der Waals surface area contributed by atoms with Crippen molar-refractivity contribution < 1.29 is 0 Å². The Morgan fingerprint density at radius 1 is 0.545 bits per heavy atom.